The highest BCUT2D eigenvalue weighted by atomic mass is 35.5. The molecule has 0 aliphatic heterocycles. The quantitative estimate of drug-likeness (QED) is 0.707. The molecule has 0 fully saturated rings. The van der Waals surface area contributed by atoms with Gasteiger partial charge in [0.2, 0.25) is 5.91 Å². The van der Waals surface area contributed by atoms with Crippen LogP contribution in [0.4, 0.5) is 0 Å². The molecule has 1 amide bonds. The summed E-state index contributed by atoms with van der Waals surface area (Å²) in [7, 11) is 4.04. The SMILES string of the molecule is CC(N)C(C)C(=O)NCCCN(C)C.Cl.Cl. The molecule has 2 unspecified atom stereocenters. The van der Waals surface area contributed by atoms with Gasteiger partial charge in [0.25, 0.3) is 0 Å². The Bertz CT molecular complexity index is 177. The standard InChI is InChI=1S/C10H23N3O.2ClH/c1-8(9(2)11)10(14)12-6-5-7-13(3)4;;/h8-9H,5-7,11H2,1-4H3,(H,12,14);2*1H. The van der Waals surface area contributed by atoms with Gasteiger partial charge in [0.15, 0.2) is 0 Å². The van der Waals surface area contributed by atoms with Crippen molar-refractivity contribution in [2.45, 2.75) is 26.3 Å². The third-order valence-electron chi connectivity index (χ3n) is 2.28. The van der Waals surface area contributed by atoms with E-state index in [0.717, 1.165) is 19.5 Å². The molecule has 3 N–H and O–H groups in total. The maximum atomic E-state index is 11.4. The van der Waals surface area contributed by atoms with Crippen LogP contribution in [0.5, 0.6) is 0 Å². The zero-order chi connectivity index (χ0) is 11.1. The first kappa shape index (κ1) is 21.3. The summed E-state index contributed by atoms with van der Waals surface area (Å²) in [4.78, 5) is 13.5. The van der Waals surface area contributed by atoms with Gasteiger partial charge in [-0.15, -0.1) is 24.8 Å². The fraction of sp³-hybridized carbons (Fsp3) is 0.900. The van der Waals surface area contributed by atoms with Crippen molar-refractivity contribution in [2.24, 2.45) is 11.7 Å². The lowest BCUT2D eigenvalue weighted by molar-refractivity contribution is -0.124. The van der Waals surface area contributed by atoms with E-state index in [0.29, 0.717) is 0 Å². The monoisotopic (exact) mass is 273 g/mol. The molecule has 2 atom stereocenters. The summed E-state index contributed by atoms with van der Waals surface area (Å²) in [5.41, 5.74) is 5.62. The van der Waals surface area contributed by atoms with Crippen LogP contribution in [0.2, 0.25) is 0 Å². The van der Waals surface area contributed by atoms with Gasteiger partial charge in [-0.05, 0) is 34.0 Å². The molecule has 0 radical (unpaired) electrons. The van der Waals surface area contributed by atoms with Crippen LogP contribution < -0.4 is 11.1 Å². The summed E-state index contributed by atoms with van der Waals surface area (Å²) in [6.45, 7) is 5.43. The fourth-order valence-corrected chi connectivity index (χ4v) is 1.01. The topological polar surface area (TPSA) is 58.4 Å². The molecule has 0 aromatic carbocycles. The van der Waals surface area contributed by atoms with Crippen molar-refractivity contribution in [3.8, 4) is 0 Å². The van der Waals surface area contributed by atoms with Crippen molar-refractivity contribution < 1.29 is 4.79 Å². The van der Waals surface area contributed by atoms with E-state index in [1.807, 2.05) is 27.9 Å². The van der Waals surface area contributed by atoms with E-state index in [4.69, 9.17) is 5.73 Å². The normalized spacial score (nSPS) is 13.4. The highest BCUT2D eigenvalue weighted by Crippen LogP contribution is 1.98. The van der Waals surface area contributed by atoms with E-state index >= 15 is 0 Å². The Morgan fingerprint density at radius 1 is 1.31 bits per heavy atom. The number of amides is 1. The van der Waals surface area contributed by atoms with Crippen molar-refractivity contribution in [1.29, 1.82) is 0 Å². The average molecular weight is 274 g/mol. The first-order chi connectivity index (χ1) is 6.45. The van der Waals surface area contributed by atoms with E-state index in [1.54, 1.807) is 0 Å². The van der Waals surface area contributed by atoms with Crippen molar-refractivity contribution >= 4 is 30.7 Å². The summed E-state index contributed by atoms with van der Waals surface area (Å²) in [6.07, 6.45) is 0.977. The lowest BCUT2D eigenvalue weighted by Crippen LogP contribution is -2.39. The predicted octanol–water partition coefficient (Wildman–Crippen LogP) is 0.881. The summed E-state index contributed by atoms with van der Waals surface area (Å²) in [6, 6.07) is -0.0798. The number of nitrogens with zero attached hydrogens (tertiary/aromatic N) is 1. The Hall–Kier alpha value is -0.0300. The molecule has 0 saturated heterocycles. The van der Waals surface area contributed by atoms with Gasteiger partial charge in [0.1, 0.15) is 0 Å². The third kappa shape index (κ3) is 10.5. The Morgan fingerprint density at radius 3 is 2.19 bits per heavy atom. The molecular formula is C10H25Cl2N3O. The van der Waals surface area contributed by atoms with Crippen LogP contribution in [-0.4, -0.2) is 44.0 Å². The second-order valence-electron chi connectivity index (χ2n) is 4.10. The number of hydrogen-bond donors (Lipinski definition) is 2. The Balaban J connectivity index is -0.000000845. The lowest BCUT2D eigenvalue weighted by Gasteiger charge is -2.16. The van der Waals surface area contributed by atoms with Gasteiger partial charge in [0.05, 0.1) is 0 Å². The summed E-state index contributed by atoms with van der Waals surface area (Å²) >= 11 is 0. The molecule has 6 heteroatoms. The van der Waals surface area contributed by atoms with Crippen LogP contribution >= 0.6 is 24.8 Å². The maximum Gasteiger partial charge on any atom is 0.224 e. The van der Waals surface area contributed by atoms with Crippen molar-refractivity contribution in [3.05, 3.63) is 0 Å². The Morgan fingerprint density at radius 2 is 1.81 bits per heavy atom. The largest absolute Gasteiger partial charge is 0.356 e. The highest BCUT2D eigenvalue weighted by molar-refractivity contribution is 5.85. The van der Waals surface area contributed by atoms with E-state index in [1.165, 1.54) is 0 Å². The van der Waals surface area contributed by atoms with Gasteiger partial charge in [0, 0.05) is 18.5 Å². The summed E-state index contributed by atoms with van der Waals surface area (Å²) in [5, 5.41) is 2.87. The zero-order valence-corrected chi connectivity index (χ0v) is 12.2. The van der Waals surface area contributed by atoms with Crippen LogP contribution in [0, 0.1) is 5.92 Å². The molecule has 0 saturated carbocycles. The van der Waals surface area contributed by atoms with Gasteiger partial charge in [-0.25, -0.2) is 0 Å². The molecule has 0 aliphatic carbocycles. The predicted molar refractivity (Wildman–Crippen MR) is 73.5 cm³/mol. The van der Waals surface area contributed by atoms with Gasteiger partial charge < -0.3 is 16.0 Å². The first-order valence-electron chi connectivity index (χ1n) is 5.13. The minimum atomic E-state index is -0.102. The average Bonchev–Trinajstić information content (AvgIpc) is 2.10. The molecule has 4 nitrogen and oxygen atoms in total. The summed E-state index contributed by atoms with van der Waals surface area (Å²) in [5.74, 6) is -0.0480. The number of halogens is 2. The smallest absolute Gasteiger partial charge is 0.224 e. The second kappa shape index (κ2) is 11.5. The molecule has 0 rings (SSSR count). The zero-order valence-electron chi connectivity index (χ0n) is 10.5. The van der Waals surface area contributed by atoms with Crippen LogP contribution in [0.15, 0.2) is 0 Å². The molecule has 0 heterocycles. The first-order valence-corrected chi connectivity index (χ1v) is 5.13. The third-order valence-corrected chi connectivity index (χ3v) is 2.28. The number of rotatable bonds is 6. The number of nitrogens with one attached hydrogen (secondary N) is 1. The second-order valence-corrected chi connectivity index (χ2v) is 4.10. The maximum absolute atomic E-state index is 11.4. The molecule has 0 bridgehead atoms. The van der Waals surface area contributed by atoms with Crippen molar-refractivity contribution in [3.63, 3.8) is 0 Å². The summed E-state index contributed by atoms with van der Waals surface area (Å²) < 4.78 is 0. The fourth-order valence-electron chi connectivity index (χ4n) is 1.01. The van der Waals surface area contributed by atoms with Crippen molar-refractivity contribution in [1.82, 2.24) is 10.2 Å². The Labute approximate surface area is 111 Å². The van der Waals surface area contributed by atoms with Gasteiger partial charge >= 0.3 is 0 Å². The number of hydrogen-bond acceptors (Lipinski definition) is 3. The minimum Gasteiger partial charge on any atom is -0.356 e. The van der Waals surface area contributed by atoms with E-state index in [-0.39, 0.29) is 42.7 Å². The number of nitrogens with two attached hydrogens (primary N) is 1. The molecule has 100 valence electrons. The number of carbonyl (C=O) groups is 1. The molecule has 0 spiro atoms. The molecule has 0 aromatic rings. The van der Waals surface area contributed by atoms with Crippen molar-refractivity contribution in [2.75, 3.05) is 27.2 Å². The molecule has 0 aromatic heterocycles. The van der Waals surface area contributed by atoms with Crippen LogP contribution in [0.3, 0.4) is 0 Å². The molecule has 16 heavy (non-hydrogen) atoms. The lowest BCUT2D eigenvalue weighted by atomic mass is 10.0. The van der Waals surface area contributed by atoms with Gasteiger partial charge in [-0.3, -0.25) is 4.79 Å². The molecule has 0 aliphatic rings. The Kier molecular flexibility index (Phi) is 15.2. The van der Waals surface area contributed by atoms with Gasteiger partial charge in [-0.2, -0.15) is 0 Å². The van der Waals surface area contributed by atoms with Crippen LogP contribution in [0.25, 0.3) is 0 Å². The van der Waals surface area contributed by atoms with E-state index in [2.05, 4.69) is 10.2 Å². The van der Waals surface area contributed by atoms with Crippen LogP contribution in [-0.2, 0) is 4.79 Å². The highest BCUT2D eigenvalue weighted by Gasteiger charge is 2.15. The molecular weight excluding hydrogens is 249 g/mol. The van der Waals surface area contributed by atoms with Crippen LogP contribution in [0.1, 0.15) is 20.3 Å². The van der Waals surface area contributed by atoms with E-state index < -0.39 is 0 Å². The minimum absolute atomic E-state index is 0. The van der Waals surface area contributed by atoms with E-state index in [9.17, 15) is 4.79 Å². The number of carbonyl (C=O) groups excluding carboxylic acids is 1. The van der Waals surface area contributed by atoms with Gasteiger partial charge in [-0.1, -0.05) is 6.92 Å².